The lowest BCUT2D eigenvalue weighted by Gasteiger charge is -2.13. The van der Waals surface area contributed by atoms with Crippen LogP contribution in [-0.4, -0.2) is 25.5 Å². The van der Waals surface area contributed by atoms with Crippen molar-refractivity contribution in [3.8, 4) is 0 Å². The molecule has 1 unspecified atom stereocenters. The van der Waals surface area contributed by atoms with Gasteiger partial charge in [0.1, 0.15) is 10.3 Å². The summed E-state index contributed by atoms with van der Waals surface area (Å²) in [7, 11) is -3.86. The average Bonchev–Trinajstić information content (AvgIpc) is 2.65. The van der Waals surface area contributed by atoms with Crippen LogP contribution < -0.4 is 4.72 Å². The first-order valence-corrected chi connectivity index (χ1v) is 8.95. The van der Waals surface area contributed by atoms with E-state index in [0.717, 1.165) is 17.8 Å². The Balaban J connectivity index is 2.90. The topological polar surface area (TPSA) is 83.5 Å². The Kier molecular flexibility index (Phi) is 6.25. The lowest BCUT2D eigenvalue weighted by atomic mass is 10.1. The van der Waals surface area contributed by atoms with Gasteiger partial charge >= 0.3 is 5.97 Å². The van der Waals surface area contributed by atoms with E-state index in [1.54, 1.807) is 0 Å². The highest BCUT2D eigenvalue weighted by Gasteiger charge is 2.26. The Morgan fingerprint density at radius 1 is 1.63 bits per heavy atom. The first kappa shape index (κ1) is 16.9. The number of carbonyl (C=O) groups is 1. The average molecular weight is 391 g/mol. The van der Waals surface area contributed by atoms with Gasteiger partial charge in [-0.2, -0.15) is 4.72 Å². The Hall–Kier alpha value is -0.150. The van der Waals surface area contributed by atoms with Crippen LogP contribution in [0.25, 0.3) is 0 Å². The normalized spacial score (nSPS) is 13.4. The minimum absolute atomic E-state index is 0.00729. The summed E-state index contributed by atoms with van der Waals surface area (Å²) in [6.07, 6.45) is 1.68. The number of aliphatic carboxylic acids is 1. The summed E-state index contributed by atoms with van der Waals surface area (Å²) >= 11 is 9.84. The number of thiophene rings is 1. The number of rotatable bonds is 7. The van der Waals surface area contributed by atoms with Gasteiger partial charge in [-0.05, 0) is 28.4 Å². The molecule has 0 aliphatic rings. The molecule has 19 heavy (non-hydrogen) atoms. The molecule has 0 bridgehead atoms. The smallest absolute Gasteiger partial charge is 0.321 e. The number of unbranched alkanes of at least 4 members (excludes halogenated alkanes) is 1. The molecule has 0 aromatic carbocycles. The number of sulfonamides is 1. The number of carboxylic acid groups (broad SMARTS) is 1. The molecule has 9 heteroatoms. The van der Waals surface area contributed by atoms with E-state index in [1.165, 1.54) is 6.07 Å². The van der Waals surface area contributed by atoms with Crippen LogP contribution in [0.2, 0.25) is 5.02 Å². The highest BCUT2D eigenvalue weighted by atomic mass is 79.9. The second kappa shape index (κ2) is 7.03. The second-order valence-electron chi connectivity index (χ2n) is 3.84. The molecule has 0 fully saturated rings. The van der Waals surface area contributed by atoms with Crippen LogP contribution in [0.1, 0.15) is 26.2 Å². The zero-order valence-corrected chi connectivity index (χ0v) is 14.0. The maximum Gasteiger partial charge on any atom is 0.321 e. The maximum absolute atomic E-state index is 12.0. The van der Waals surface area contributed by atoms with Crippen molar-refractivity contribution in [1.82, 2.24) is 4.72 Å². The molecule has 0 saturated carbocycles. The van der Waals surface area contributed by atoms with Crippen molar-refractivity contribution in [2.45, 2.75) is 36.4 Å². The Labute approximate surface area is 129 Å². The van der Waals surface area contributed by atoms with E-state index in [0.29, 0.717) is 10.2 Å². The maximum atomic E-state index is 12.0. The van der Waals surface area contributed by atoms with Crippen molar-refractivity contribution >= 4 is 54.9 Å². The molecule has 1 atom stereocenters. The molecule has 1 heterocycles. The summed E-state index contributed by atoms with van der Waals surface area (Å²) in [5.41, 5.74) is 0. The number of halogens is 2. The molecule has 1 aromatic rings. The fourth-order valence-corrected chi connectivity index (χ4v) is 4.98. The molecule has 0 radical (unpaired) electrons. The van der Waals surface area contributed by atoms with Gasteiger partial charge in [0.25, 0.3) is 10.0 Å². The van der Waals surface area contributed by atoms with Crippen molar-refractivity contribution in [1.29, 1.82) is 0 Å². The zero-order chi connectivity index (χ0) is 14.6. The largest absolute Gasteiger partial charge is 0.480 e. The van der Waals surface area contributed by atoms with Gasteiger partial charge in [-0.1, -0.05) is 31.4 Å². The van der Waals surface area contributed by atoms with Gasteiger partial charge in [0, 0.05) is 0 Å². The number of carboxylic acids is 1. The predicted molar refractivity (Wildman–Crippen MR) is 78.3 cm³/mol. The summed E-state index contributed by atoms with van der Waals surface area (Å²) in [6, 6.07) is 0.168. The third kappa shape index (κ3) is 4.71. The van der Waals surface area contributed by atoms with Crippen molar-refractivity contribution in [3.63, 3.8) is 0 Å². The fraction of sp³-hybridized carbons (Fsp3) is 0.500. The Morgan fingerprint density at radius 3 is 2.68 bits per heavy atom. The van der Waals surface area contributed by atoms with Crippen LogP contribution in [0.5, 0.6) is 0 Å². The van der Waals surface area contributed by atoms with Crippen molar-refractivity contribution in [2.24, 2.45) is 0 Å². The first-order valence-electron chi connectivity index (χ1n) is 5.48. The molecule has 0 amide bonds. The number of hydrogen-bond acceptors (Lipinski definition) is 4. The summed E-state index contributed by atoms with van der Waals surface area (Å²) in [6.45, 7) is 1.91. The van der Waals surface area contributed by atoms with Crippen LogP contribution in [-0.2, 0) is 14.8 Å². The van der Waals surface area contributed by atoms with E-state index in [4.69, 9.17) is 16.7 Å². The van der Waals surface area contributed by atoms with Crippen LogP contribution in [0, 0.1) is 0 Å². The van der Waals surface area contributed by atoms with E-state index in [9.17, 15) is 13.2 Å². The summed E-state index contributed by atoms with van der Waals surface area (Å²) < 4.78 is 26.7. The van der Waals surface area contributed by atoms with Crippen molar-refractivity contribution < 1.29 is 18.3 Å². The molecule has 2 N–H and O–H groups in total. The fourth-order valence-electron chi connectivity index (χ4n) is 1.35. The van der Waals surface area contributed by atoms with Crippen LogP contribution >= 0.6 is 38.9 Å². The summed E-state index contributed by atoms with van der Waals surface area (Å²) in [5, 5.41) is 9.29. The van der Waals surface area contributed by atoms with Crippen molar-refractivity contribution in [2.75, 3.05) is 0 Å². The van der Waals surface area contributed by atoms with Gasteiger partial charge in [0.05, 0.1) is 8.81 Å². The molecular weight excluding hydrogens is 378 g/mol. The molecule has 0 saturated heterocycles. The lowest BCUT2D eigenvalue weighted by Crippen LogP contribution is -2.40. The standard InChI is InChI=1S/C10H13BrClNO4S2/c1-2-3-4-7(10(14)15)13-19(16,17)8-5-6(12)9(11)18-8/h5,7,13H,2-4H2,1H3,(H,14,15). The third-order valence-electron chi connectivity index (χ3n) is 2.33. The third-order valence-corrected chi connectivity index (χ3v) is 6.75. The predicted octanol–water partition coefficient (Wildman–Crippen LogP) is 3.09. The molecule has 1 rings (SSSR count). The molecule has 5 nitrogen and oxygen atoms in total. The van der Waals surface area contributed by atoms with Crippen LogP contribution in [0.4, 0.5) is 0 Å². The summed E-state index contributed by atoms with van der Waals surface area (Å²) in [5.74, 6) is -1.18. The van der Waals surface area contributed by atoms with Crippen LogP contribution in [0.3, 0.4) is 0 Å². The van der Waals surface area contributed by atoms with E-state index >= 15 is 0 Å². The van der Waals surface area contributed by atoms with Gasteiger partial charge < -0.3 is 5.11 Å². The van der Waals surface area contributed by atoms with Gasteiger partial charge in [0.15, 0.2) is 0 Å². The highest BCUT2D eigenvalue weighted by molar-refractivity contribution is 9.11. The molecule has 1 aromatic heterocycles. The molecule has 0 aliphatic heterocycles. The number of hydrogen-bond donors (Lipinski definition) is 2. The van der Waals surface area contributed by atoms with E-state index in [-0.39, 0.29) is 15.7 Å². The molecule has 0 spiro atoms. The summed E-state index contributed by atoms with van der Waals surface area (Å²) in [4.78, 5) is 11.0. The lowest BCUT2D eigenvalue weighted by molar-refractivity contribution is -0.139. The van der Waals surface area contributed by atoms with Gasteiger partial charge in [-0.25, -0.2) is 8.42 Å². The van der Waals surface area contributed by atoms with E-state index < -0.39 is 22.0 Å². The Bertz CT molecular complexity index is 538. The molecular formula is C10H13BrClNO4S2. The highest BCUT2D eigenvalue weighted by Crippen LogP contribution is 2.34. The quantitative estimate of drug-likeness (QED) is 0.749. The minimum atomic E-state index is -3.86. The Morgan fingerprint density at radius 2 is 2.26 bits per heavy atom. The van der Waals surface area contributed by atoms with E-state index in [1.807, 2.05) is 6.92 Å². The van der Waals surface area contributed by atoms with E-state index in [2.05, 4.69) is 20.7 Å². The zero-order valence-electron chi connectivity index (χ0n) is 10.0. The first-order chi connectivity index (χ1) is 8.77. The monoisotopic (exact) mass is 389 g/mol. The second-order valence-corrected chi connectivity index (χ2v) is 8.56. The van der Waals surface area contributed by atoms with Gasteiger partial charge in [-0.3, -0.25) is 4.79 Å². The van der Waals surface area contributed by atoms with Gasteiger partial charge in [0.2, 0.25) is 0 Å². The van der Waals surface area contributed by atoms with Crippen molar-refractivity contribution in [3.05, 3.63) is 14.9 Å². The number of nitrogens with one attached hydrogen (secondary N) is 1. The van der Waals surface area contributed by atoms with Crippen LogP contribution in [0.15, 0.2) is 14.1 Å². The molecule has 108 valence electrons. The minimum Gasteiger partial charge on any atom is -0.480 e. The van der Waals surface area contributed by atoms with Gasteiger partial charge in [-0.15, -0.1) is 11.3 Å². The molecule has 0 aliphatic carbocycles. The SMILES string of the molecule is CCCCC(NS(=O)(=O)c1cc(Cl)c(Br)s1)C(=O)O.